The van der Waals surface area contributed by atoms with Crippen LogP contribution in [0.2, 0.25) is 0 Å². The number of piperidine rings is 1. The predicted octanol–water partition coefficient (Wildman–Crippen LogP) is 0.347. The largest absolute Gasteiger partial charge is 0.396 e. The lowest BCUT2D eigenvalue weighted by molar-refractivity contribution is -0.132. The van der Waals surface area contributed by atoms with E-state index in [9.17, 15) is 9.90 Å². The molecule has 0 aromatic rings. The first kappa shape index (κ1) is 16.4. The van der Waals surface area contributed by atoms with Crippen molar-refractivity contribution >= 4 is 5.91 Å². The smallest absolute Gasteiger partial charge is 0.236 e. The Labute approximate surface area is 120 Å². The number of nitriles is 2. The van der Waals surface area contributed by atoms with Crippen molar-refractivity contribution in [2.45, 2.75) is 25.7 Å². The van der Waals surface area contributed by atoms with E-state index in [-0.39, 0.29) is 31.3 Å². The Morgan fingerprint density at radius 1 is 1.30 bits per heavy atom. The fourth-order valence-electron chi connectivity index (χ4n) is 2.47. The summed E-state index contributed by atoms with van der Waals surface area (Å²) in [5.74, 6) is 0.220. The fraction of sp³-hybridized carbons (Fsp3) is 0.786. The van der Waals surface area contributed by atoms with Crippen LogP contribution in [0, 0.1) is 28.6 Å². The summed E-state index contributed by atoms with van der Waals surface area (Å²) in [4.78, 5) is 15.9. The Hall–Kier alpha value is -1.63. The third kappa shape index (κ3) is 5.56. The zero-order chi connectivity index (χ0) is 14.8. The first-order valence-corrected chi connectivity index (χ1v) is 7.06. The highest BCUT2D eigenvalue weighted by molar-refractivity contribution is 5.78. The Kier molecular flexibility index (Phi) is 7.64. The molecule has 0 bridgehead atoms. The highest BCUT2D eigenvalue weighted by atomic mass is 16.3. The molecule has 0 aromatic carbocycles. The monoisotopic (exact) mass is 278 g/mol. The van der Waals surface area contributed by atoms with Crippen molar-refractivity contribution in [3.63, 3.8) is 0 Å². The first-order valence-electron chi connectivity index (χ1n) is 7.06. The quantitative estimate of drug-likeness (QED) is 0.725. The second-order valence-corrected chi connectivity index (χ2v) is 5.12. The standard InChI is InChI=1S/C14H22N4O2/c15-5-2-8-18(9-3-6-16)14(20)11-17-7-1-4-13(10-17)12-19/h13,19H,1-4,7-12H2. The van der Waals surface area contributed by atoms with Crippen molar-refractivity contribution in [3.8, 4) is 12.1 Å². The maximum atomic E-state index is 12.2. The number of aliphatic hydroxyl groups is 1. The summed E-state index contributed by atoms with van der Waals surface area (Å²) in [5.41, 5.74) is 0. The lowest BCUT2D eigenvalue weighted by Gasteiger charge is -2.32. The lowest BCUT2D eigenvalue weighted by atomic mass is 9.99. The number of rotatable bonds is 7. The van der Waals surface area contributed by atoms with Crippen molar-refractivity contribution in [1.29, 1.82) is 10.5 Å². The Morgan fingerprint density at radius 2 is 1.95 bits per heavy atom. The molecule has 1 aliphatic rings. The predicted molar refractivity (Wildman–Crippen MR) is 73.3 cm³/mol. The third-order valence-electron chi connectivity index (χ3n) is 3.56. The molecule has 0 saturated carbocycles. The molecular formula is C14H22N4O2. The number of nitrogens with zero attached hydrogens (tertiary/aromatic N) is 4. The van der Waals surface area contributed by atoms with Gasteiger partial charge >= 0.3 is 0 Å². The summed E-state index contributed by atoms with van der Waals surface area (Å²) in [6, 6.07) is 4.05. The van der Waals surface area contributed by atoms with Crippen molar-refractivity contribution in [2.24, 2.45) is 5.92 Å². The van der Waals surface area contributed by atoms with E-state index in [1.807, 2.05) is 12.1 Å². The van der Waals surface area contributed by atoms with Crippen molar-refractivity contribution in [3.05, 3.63) is 0 Å². The van der Waals surface area contributed by atoms with Crippen LogP contribution < -0.4 is 0 Å². The van der Waals surface area contributed by atoms with Gasteiger partial charge in [0.15, 0.2) is 0 Å². The van der Waals surface area contributed by atoms with Gasteiger partial charge in [0.25, 0.3) is 0 Å². The van der Waals surface area contributed by atoms with Crippen LogP contribution in [0.4, 0.5) is 0 Å². The average molecular weight is 278 g/mol. The molecule has 6 heteroatoms. The Bertz CT molecular complexity index is 368. The second-order valence-electron chi connectivity index (χ2n) is 5.12. The average Bonchev–Trinajstić information content (AvgIpc) is 2.47. The lowest BCUT2D eigenvalue weighted by Crippen LogP contribution is -2.45. The molecule has 1 aliphatic heterocycles. The van der Waals surface area contributed by atoms with Gasteiger partial charge in [-0.25, -0.2) is 0 Å². The van der Waals surface area contributed by atoms with Crippen LogP contribution in [0.1, 0.15) is 25.7 Å². The normalized spacial score (nSPS) is 19.1. The topological polar surface area (TPSA) is 91.4 Å². The Balaban J connectivity index is 2.47. The highest BCUT2D eigenvalue weighted by Gasteiger charge is 2.23. The van der Waals surface area contributed by atoms with Crippen molar-refractivity contribution < 1.29 is 9.90 Å². The summed E-state index contributed by atoms with van der Waals surface area (Å²) in [6.45, 7) is 2.85. The van der Waals surface area contributed by atoms with E-state index in [0.29, 0.717) is 19.6 Å². The summed E-state index contributed by atoms with van der Waals surface area (Å²) in [6.07, 6.45) is 2.58. The molecule has 1 heterocycles. The van der Waals surface area contributed by atoms with Gasteiger partial charge in [-0.1, -0.05) is 0 Å². The van der Waals surface area contributed by atoms with Gasteiger partial charge in [0, 0.05) is 26.2 Å². The zero-order valence-electron chi connectivity index (χ0n) is 11.8. The molecule has 0 radical (unpaired) electrons. The van der Waals surface area contributed by atoms with E-state index in [0.717, 1.165) is 25.9 Å². The summed E-state index contributed by atoms with van der Waals surface area (Å²) in [5, 5.41) is 26.4. The van der Waals surface area contributed by atoms with Crippen LogP contribution in [0.3, 0.4) is 0 Å². The molecule has 20 heavy (non-hydrogen) atoms. The maximum absolute atomic E-state index is 12.2. The van der Waals surface area contributed by atoms with Crippen LogP contribution in [-0.2, 0) is 4.79 Å². The number of aliphatic hydroxyl groups excluding tert-OH is 1. The van der Waals surface area contributed by atoms with Gasteiger partial charge < -0.3 is 10.0 Å². The minimum Gasteiger partial charge on any atom is -0.396 e. The molecule has 110 valence electrons. The van der Waals surface area contributed by atoms with Crippen molar-refractivity contribution in [1.82, 2.24) is 9.80 Å². The molecule has 1 rings (SSSR count). The van der Waals surface area contributed by atoms with Gasteiger partial charge in [0.1, 0.15) is 0 Å². The summed E-state index contributed by atoms with van der Waals surface area (Å²) >= 11 is 0. The minimum atomic E-state index is -0.0333. The second kappa shape index (κ2) is 9.30. The molecule has 1 saturated heterocycles. The highest BCUT2D eigenvalue weighted by Crippen LogP contribution is 2.15. The van der Waals surface area contributed by atoms with E-state index >= 15 is 0 Å². The van der Waals surface area contributed by atoms with Crippen molar-refractivity contribution in [2.75, 3.05) is 39.3 Å². The van der Waals surface area contributed by atoms with Gasteiger partial charge in [-0.2, -0.15) is 10.5 Å². The molecule has 0 aliphatic carbocycles. The number of likely N-dealkylation sites (tertiary alicyclic amines) is 1. The molecule has 6 nitrogen and oxygen atoms in total. The van der Waals surface area contributed by atoms with E-state index < -0.39 is 0 Å². The van der Waals surface area contributed by atoms with Gasteiger partial charge in [-0.05, 0) is 25.3 Å². The molecule has 1 amide bonds. The fourth-order valence-corrected chi connectivity index (χ4v) is 2.47. The summed E-state index contributed by atoms with van der Waals surface area (Å²) < 4.78 is 0. The number of carbonyl (C=O) groups is 1. The van der Waals surface area contributed by atoms with Crippen LogP contribution in [0.15, 0.2) is 0 Å². The van der Waals surface area contributed by atoms with Crippen LogP contribution in [0.25, 0.3) is 0 Å². The van der Waals surface area contributed by atoms with Gasteiger partial charge in [-0.3, -0.25) is 9.69 Å². The zero-order valence-corrected chi connectivity index (χ0v) is 11.8. The third-order valence-corrected chi connectivity index (χ3v) is 3.56. The number of hydrogen-bond acceptors (Lipinski definition) is 5. The number of carbonyl (C=O) groups excluding carboxylic acids is 1. The molecule has 1 fully saturated rings. The van der Waals surface area contributed by atoms with Crippen LogP contribution in [-0.4, -0.2) is 60.1 Å². The first-order chi connectivity index (χ1) is 9.71. The van der Waals surface area contributed by atoms with E-state index in [2.05, 4.69) is 4.90 Å². The molecule has 0 aromatic heterocycles. The van der Waals surface area contributed by atoms with Gasteiger partial charge in [-0.15, -0.1) is 0 Å². The van der Waals surface area contributed by atoms with Gasteiger partial charge in [0.05, 0.1) is 31.5 Å². The number of amides is 1. The molecule has 0 spiro atoms. The van der Waals surface area contributed by atoms with Gasteiger partial charge in [0.2, 0.25) is 5.91 Å². The van der Waals surface area contributed by atoms with E-state index in [4.69, 9.17) is 10.5 Å². The van der Waals surface area contributed by atoms with E-state index in [1.165, 1.54) is 0 Å². The SMILES string of the molecule is N#CCCN(CCC#N)C(=O)CN1CCCC(CO)C1. The number of hydrogen-bond donors (Lipinski definition) is 1. The molecule has 1 unspecified atom stereocenters. The minimum absolute atomic E-state index is 0.0333. The Morgan fingerprint density at radius 3 is 2.50 bits per heavy atom. The van der Waals surface area contributed by atoms with Crippen LogP contribution in [0.5, 0.6) is 0 Å². The molecule has 1 N–H and O–H groups in total. The van der Waals surface area contributed by atoms with E-state index in [1.54, 1.807) is 4.90 Å². The molecule has 1 atom stereocenters. The molecular weight excluding hydrogens is 256 g/mol. The van der Waals surface area contributed by atoms with Crippen LogP contribution >= 0.6 is 0 Å². The maximum Gasteiger partial charge on any atom is 0.236 e. The summed E-state index contributed by atoms with van der Waals surface area (Å²) in [7, 11) is 0.